The molecule has 6 heteroatoms. The number of methoxy groups -OCH3 is 2. The lowest BCUT2D eigenvalue weighted by atomic mass is 10.00. The minimum absolute atomic E-state index is 0.0262. The fraction of sp³-hybridized carbons (Fsp3) is 0.125. The first-order valence-electron chi connectivity index (χ1n) is 6.27. The largest absolute Gasteiger partial charge is 0.497 e. The van der Waals surface area contributed by atoms with Crippen molar-refractivity contribution in [2.24, 2.45) is 0 Å². The number of carboxylic acid groups (broad SMARTS) is 1. The van der Waals surface area contributed by atoms with E-state index in [9.17, 15) is 14.0 Å². The zero-order valence-electron chi connectivity index (χ0n) is 11.9. The molecule has 0 saturated heterocycles. The van der Waals surface area contributed by atoms with Gasteiger partial charge in [0.25, 0.3) is 0 Å². The third kappa shape index (κ3) is 3.06. The Kier molecular flexibility index (Phi) is 4.41. The third-order valence-electron chi connectivity index (χ3n) is 3.09. The SMILES string of the molecule is COC(=O)c1cc(-c2cc(OC)cc(C(=O)O)c2)ccc1F. The number of esters is 1. The van der Waals surface area contributed by atoms with E-state index in [0.29, 0.717) is 16.9 Å². The maximum absolute atomic E-state index is 13.7. The highest BCUT2D eigenvalue weighted by molar-refractivity contribution is 5.93. The number of carboxylic acids is 1. The normalized spacial score (nSPS) is 10.1. The van der Waals surface area contributed by atoms with Crippen molar-refractivity contribution in [3.8, 4) is 16.9 Å². The number of rotatable bonds is 4. The Morgan fingerprint density at radius 3 is 2.36 bits per heavy atom. The number of hydrogen-bond acceptors (Lipinski definition) is 4. The highest BCUT2D eigenvalue weighted by Gasteiger charge is 2.15. The van der Waals surface area contributed by atoms with Crippen LogP contribution in [0.25, 0.3) is 11.1 Å². The Balaban J connectivity index is 2.58. The molecule has 0 bridgehead atoms. The molecule has 0 aliphatic carbocycles. The molecule has 0 atom stereocenters. The van der Waals surface area contributed by atoms with Gasteiger partial charge in [-0.25, -0.2) is 14.0 Å². The van der Waals surface area contributed by atoms with Gasteiger partial charge >= 0.3 is 11.9 Å². The second-order valence-electron chi connectivity index (χ2n) is 4.44. The minimum Gasteiger partial charge on any atom is -0.497 e. The third-order valence-corrected chi connectivity index (χ3v) is 3.09. The van der Waals surface area contributed by atoms with Crippen molar-refractivity contribution >= 4 is 11.9 Å². The summed E-state index contributed by atoms with van der Waals surface area (Å²) in [6.07, 6.45) is 0. The van der Waals surface area contributed by atoms with Crippen molar-refractivity contribution in [1.29, 1.82) is 0 Å². The van der Waals surface area contributed by atoms with Gasteiger partial charge in [-0.1, -0.05) is 6.07 Å². The molecular weight excluding hydrogens is 291 g/mol. The Hall–Kier alpha value is -2.89. The van der Waals surface area contributed by atoms with E-state index >= 15 is 0 Å². The molecule has 0 saturated carbocycles. The van der Waals surface area contributed by atoms with E-state index in [1.807, 2.05) is 0 Å². The summed E-state index contributed by atoms with van der Waals surface area (Å²) < 4.78 is 23.2. The Bertz CT molecular complexity index is 739. The van der Waals surface area contributed by atoms with E-state index in [2.05, 4.69) is 4.74 Å². The number of ether oxygens (including phenoxy) is 2. The molecule has 0 aliphatic heterocycles. The topological polar surface area (TPSA) is 72.8 Å². The van der Waals surface area contributed by atoms with Crippen LogP contribution in [0.1, 0.15) is 20.7 Å². The van der Waals surface area contributed by atoms with Crippen molar-refractivity contribution in [1.82, 2.24) is 0 Å². The number of benzene rings is 2. The lowest BCUT2D eigenvalue weighted by Gasteiger charge is -2.09. The van der Waals surface area contributed by atoms with E-state index in [0.717, 1.165) is 13.2 Å². The van der Waals surface area contributed by atoms with E-state index in [1.54, 1.807) is 6.07 Å². The van der Waals surface area contributed by atoms with E-state index in [4.69, 9.17) is 9.84 Å². The Labute approximate surface area is 125 Å². The molecule has 0 aromatic heterocycles. The lowest BCUT2D eigenvalue weighted by Crippen LogP contribution is -2.04. The molecule has 0 radical (unpaired) electrons. The van der Waals surface area contributed by atoms with Crippen LogP contribution in [0.5, 0.6) is 5.75 Å². The molecule has 0 spiro atoms. The first kappa shape index (κ1) is 15.5. The molecule has 0 heterocycles. The Morgan fingerprint density at radius 2 is 1.77 bits per heavy atom. The van der Waals surface area contributed by atoms with E-state index in [1.165, 1.54) is 31.4 Å². The maximum atomic E-state index is 13.7. The van der Waals surface area contributed by atoms with Crippen LogP contribution in [0.2, 0.25) is 0 Å². The predicted octanol–water partition coefficient (Wildman–Crippen LogP) is 2.99. The predicted molar refractivity (Wildman–Crippen MR) is 76.7 cm³/mol. The van der Waals surface area contributed by atoms with Crippen molar-refractivity contribution < 1.29 is 28.6 Å². The average Bonchev–Trinajstić information content (AvgIpc) is 2.53. The molecule has 1 N–H and O–H groups in total. The summed E-state index contributed by atoms with van der Waals surface area (Å²) in [5.41, 5.74) is 0.767. The highest BCUT2D eigenvalue weighted by atomic mass is 19.1. The van der Waals surface area contributed by atoms with Gasteiger partial charge in [0.1, 0.15) is 11.6 Å². The Morgan fingerprint density at radius 1 is 1.05 bits per heavy atom. The summed E-state index contributed by atoms with van der Waals surface area (Å²) in [5, 5.41) is 9.11. The van der Waals surface area contributed by atoms with Crippen LogP contribution in [0, 0.1) is 5.82 Å². The molecule has 2 aromatic carbocycles. The van der Waals surface area contributed by atoms with Crippen LogP contribution in [-0.2, 0) is 4.74 Å². The van der Waals surface area contributed by atoms with Crippen LogP contribution in [0.3, 0.4) is 0 Å². The zero-order valence-corrected chi connectivity index (χ0v) is 11.9. The molecule has 0 unspecified atom stereocenters. The van der Waals surface area contributed by atoms with Gasteiger partial charge in [-0.05, 0) is 41.5 Å². The van der Waals surface area contributed by atoms with Gasteiger partial charge in [0.15, 0.2) is 0 Å². The molecule has 114 valence electrons. The average molecular weight is 304 g/mol. The van der Waals surface area contributed by atoms with Gasteiger partial charge < -0.3 is 14.6 Å². The molecular formula is C16H13FO5. The standard InChI is InChI=1S/C16H13FO5/c1-21-12-6-10(5-11(7-12)15(18)19)9-3-4-14(17)13(8-9)16(20)22-2/h3-8H,1-2H3,(H,18,19). The van der Waals surface area contributed by atoms with Gasteiger partial charge in [-0.2, -0.15) is 0 Å². The molecule has 0 fully saturated rings. The zero-order chi connectivity index (χ0) is 16.3. The van der Waals surface area contributed by atoms with Crippen LogP contribution >= 0.6 is 0 Å². The number of carbonyl (C=O) groups is 2. The summed E-state index contributed by atoms with van der Waals surface area (Å²) in [7, 11) is 2.57. The number of halogens is 1. The molecule has 2 rings (SSSR count). The molecule has 0 amide bonds. The summed E-state index contributed by atoms with van der Waals surface area (Å²) in [4.78, 5) is 22.7. The first-order chi connectivity index (χ1) is 10.5. The van der Waals surface area contributed by atoms with Crippen molar-refractivity contribution in [3.05, 3.63) is 53.3 Å². The molecule has 0 aliphatic rings. The lowest BCUT2D eigenvalue weighted by molar-refractivity contribution is 0.0594. The van der Waals surface area contributed by atoms with Crippen LogP contribution < -0.4 is 4.74 Å². The van der Waals surface area contributed by atoms with Crippen LogP contribution in [0.15, 0.2) is 36.4 Å². The van der Waals surface area contributed by atoms with Gasteiger partial charge in [0.2, 0.25) is 0 Å². The monoisotopic (exact) mass is 304 g/mol. The number of carbonyl (C=O) groups excluding carboxylic acids is 1. The fourth-order valence-electron chi connectivity index (χ4n) is 1.98. The van der Waals surface area contributed by atoms with Gasteiger partial charge in [0.05, 0.1) is 25.3 Å². The summed E-state index contributed by atoms with van der Waals surface area (Å²) >= 11 is 0. The first-order valence-corrected chi connectivity index (χ1v) is 6.27. The second kappa shape index (κ2) is 6.26. The van der Waals surface area contributed by atoms with Crippen LogP contribution in [-0.4, -0.2) is 31.3 Å². The van der Waals surface area contributed by atoms with E-state index in [-0.39, 0.29) is 11.1 Å². The van der Waals surface area contributed by atoms with Crippen molar-refractivity contribution in [2.45, 2.75) is 0 Å². The number of hydrogen-bond donors (Lipinski definition) is 1. The smallest absolute Gasteiger partial charge is 0.340 e. The highest BCUT2D eigenvalue weighted by Crippen LogP contribution is 2.28. The molecule has 2 aromatic rings. The van der Waals surface area contributed by atoms with Gasteiger partial charge in [-0.15, -0.1) is 0 Å². The maximum Gasteiger partial charge on any atom is 0.340 e. The summed E-state index contributed by atoms with van der Waals surface area (Å²) in [5.74, 6) is -2.29. The van der Waals surface area contributed by atoms with Crippen molar-refractivity contribution in [2.75, 3.05) is 14.2 Å². The summed E-state index contributed by atoms with van der Waals surface area (Å²) in [6, 6.07) is 8.27. The van der Waals surface area contributed by atoms with Crippen molar-refractivity contribution in [3.63, 3.8) is 0 Å². The fourth-order valence-corrected chi connectivity index (χ4v) is 1.98. The van der Waals surface area contributed by atoms with E-state index < -0.39 is 17.8 Å². The molecule has 5 nitrogen and oxygen atoms in total. The minimum atomic E-state index is -1.12. The summed E-state index contributed by atoms with van der Waals surface area (Å²) in [6.45, 7) is 0. The van der Waals surface area contributed by atoms with Gasteiger partial charge in [-0.3, -0.25) is 0 Å². The van der Waals surface area contributed by atoms with Crippen LogP contribution in [0.4, 0.5) is 4.39 Å². The second-order valence-corrected chi connectivity index (χ2v) is 4.44. The number of aromatic carboxylic acids is 1. The quantitative estimate of drug-likeness (QED) is 0.879. The van der Waals surface area contributed by atoms with Gasteiger partial charge in [0, 0.05) is 0 Å². The molecule has 22 heavy (non-hydrogen) atoms.